The van der Waals surface area contributed by atoms with Gasteiger partial charge in [-0.3, -0.25) is 5.32 Å². The van der Waals surface area contributed by atoms with Crippen molar-refractivity contribution in [2.24, 2.45) is 0 Å². The number of hydrogen-bond acceptors (Lipinski definition) is 7. The van der Waals surface area contributed by atoms with Crippen LogP contribution in [0.1, 0.15) is 32.8 Å². The Labute approximate surface area is 151 Å². The van der Waals surface area contributed by atoms with E-state index < -0.39 is 18.2 Å². The molecule has 4 N–H and O–H groups in total. The summed E-state index contributed by atoms with van der Waals surface area (Å²) in [4.78, 5) is 23.1. The van der Waals surface area contributed by atoms with Crippen LogP contribution in [-0.4, -0.2) is 50.6 Å². The van der Waals surface area contributed by atoms with Gasteiger partial charge in [0, 0.05) is 30.3 Å². The van der Waals surface area contributed by atoms with E-state index in [9.17, 15) is 14.7 Å². The fourth-order valence-corrected chi connectivity index (χ4v) is 1.57. The van der Waals surface area contributed by atoms with Gasteiger partial charge in [-0.15, -0.1) is 0 Å². The summed E-state index contributed by atoms with van der Waals surface area (Å²) < 4.78 is 5.38. The van der Waals surface area contributed by atoms with E-state index in [1.54, 1.807) is 18.3 Å². The third-order valence-electron chi connectivity index (χ3n) is 2.49. The van der Waals surface area contributed by atoms with Crippen LogP contribution >= 0.6 is 0 Å². The molecule has 1 atom stereocenters. The summed E-state index contributed by atoms with van der Waals surface area (Å²) in [5.74, 6) is -2.21. The van der Waals surface area contributed by atoms with Gasteiger partial charge in [0.05, 0.1) is 6.61 Å². The van der Waals surface area contributed by atoms with Crippen molar-refractivity contribution >= 4 is 11.9 Å². The van der Waals surface area contributed by atoms with E-state index in [1.807, 2.05) is 26.8 Å². The van der Waals surface area contributed by atoms with Crippen molar-refractivity contribution in [3.05, 3.63) is 36.0 Å². The van der Waals surface area contributed by atoms with E-state index in [4.69, 9.17) is 20.2 Å². The molecule has 0 saturated carbocycles. The minimum Gasteiger partial charge on any atom is -0.478 e. The van der Waals surface area contributed by atoms with Crippen LogP contribution in [0.15, 0.2) is 30.5 Å². The van der Waals surface area contributed by atoms with Gasteiger partial charge in [0.1, 0.15) is 17.9 Å². The maximum Gasteiger partial charge on any atom is 0.328 e. The first-order valence-electron chi connectivity index (χ1n) is 7.62. The van der Waals surface area contributed by atoms with Crippen LogP contribution in [0, 0.1) is 11.3 Å². The van der Waals surface area contributed by atoms with Crippen molar-refractivity contribution in [2.75, 3.05) is 6.61 Å². The number of ether oxygens (including phenoxy) is 1. The van der Waals surface area contributed by atoms with E-state index in [0.717, 1.165) is 0 Å². The fraction of sp³-hybridized carbons (Fsp3) is 0.412. The number of hydrogen-bond donors (Lipinski definition) is 4. The van der Waals surface area contributed by atoms with Gasteiger partial charge in [0.25, 0.3) is 0 Å². The van der Waals surface area contributed by atoms with Crippen LogP contribution < -0.4 is 10.1 Å². The van der Waals surface area contributed by atoms with Crippen molar-refractivity contribution in [3.8, 4) is 11.9 Å². The van der Waals surface area contributed by atoms with Gasteiger partial charge < -0.3 is 20.1 Å². The number of nitrogens with zero attached hydrogens (tertiary/aromatic N) is 2. The highest BCUT2D eigenvalue weighted by molar-refractivity contribution is 5.89. The normalized spacial score (nSPS) is 11.8. The standard InChI is InChI=1S/C13H19N3O2.C4H4O4/c1-13(2,3)16-11(17)6-8-18-12-10(9-14)5-4-7-15-12;5-3(6)1-2-4(7)8/h4-5,7,11,16-17H,6,8H2,1-3H3;1-2H,(H,5,6)(H,7,8)/b;2-1+. The Morgan fingerprint density at radius 2 is 1.92 bits per heavy atom. The second kappa shape index (κ2) is 11.6. The molecule has 9 nitrogen and oxygen atoms in total. The number of aliphatic hydroxyl groups is 1. The number of aliphatic hydroxyl groups excluding tert-OH is 1. The van der Waals surface area contributed by atoms with Crippen LogP contribution in [0.2, 0.25) is 0 Å². The zero-order valence-corrected chi connectivity index (χ0v) is 14.8. The summed E-state index contributed by atoms with van der Waals surface area (Å²) in [5, 5.41) is 37.2. The number of aliphatic carboxylic acids is 2. The second-order valence-electron chi connectivity index (χ2n) is 6.02. The van der Waals surface area contributed by atoms with Gasteiger partial charge in [-0.05, 0) is 32.9 Å². The Morgan fingerprint density at radius 1 is 1.35 bits per heavy atom. The van der Waals surface area contributed by atoms with Gasteiger partial charge in [0.2, 0.25) is 5.88 Å². The molecule has 0 aromatic carbocycles. The molecule has 26 heavy (non-hydrogen) atoms. The predicted molar refractivity (Wildman–Crippen MR) is 92.4 cm³/mol. The highest BCUT2D eigenvalue weighted by Crippen LogP contribution is 2.13. The SMILES string of the molecule is CC(C)(C)NC(O)CCOc1ncccc1C#N.O=C(O)/C=C/C(=O)O. The Kier molecular flexibility index (Phi) is 10.3. The average Bonchev–Trinajstić information content (AvgIpc) is 2.52. The predicted octanol–water partition coefficient (Wildman–Crippen LogP) is 1.14. The zero-order valence-electron chi connectivity index (χ0n) is 14.8. The van der Waals surface area contributed by atoms with Crippen molar-refractivity contribution in [1.29, 1.82) is 5.26 Å². The number of rotatable bonds is 7. The monoisotopic (exact) mass is 365 g/mol. The molecule has 0 amide bonds. The van der Waals surface area contributed by atoms with Crippen molar-refractivity contribution in [3.63, 3.8) is 0 Å². The highest BCUT2D eigenvalue weighted by atomic mass is 16.5. The Morgan fingerprint density at radius 3 is 2.38 bits per heavy atom. The van der Waals surface area contributed by atoms with Gasteiger partial charge in [0.15, 0.2) is 0 Å². The first-order valence-corrected chi connectivity index (χ1v) is 7.62. The van der Waals surface area contributed by atoms with Crippen molar-refractivity contribution < 1.29 is 29.6 Å². The second-order valence-corrected chi connectivity index (χ2v) is 6.02. The van der Waals surface area contributed by atoms with Gasteiger partial charge in [-0.2, -0.15) is 5.26 Å². The number of carbonyl (C=O) groups is 2. The molecule has 0 aliphatic heterocycles. The van der Waals surface area contributed by atoms with E-state index >= 15 is 0 Å². The van der Waals surface area contributed by atoms with Crippen LogP contribution in [0.3, 0.4) is 0 Å². The molecule has 0 fully saturated rings. The molecule has 1 rings (SSSR count). The number of pyridine rings is 1. The Balaban J connectivity index is 0.000000660. The zero-order chi connectivity index (χ0) is 20.2. The fourth-order valence-electron chi connectivity index (χ4n) is 1.57. The molecule has 1 aromatic heterocycles. The summed E-state index contributed by atoms with van der Waals surface area (Å²) >= 11 is 0. The van der Waals surface area contributed by atoms with Crippen LogP contribution in [0.25, 0.3) is 0 Å². The van der Waals surface area contributed by atoms with E-state index in [-0.39, 0.29) is 5.54 Å². The molecular formula is C17H23N3O6. The lowest BCUT2D eigenvalue weighted by molar-refractivity contribution is -0.134. The lowest BCUT2D eigenvalue weighted by atomic mass is 10.1. The first-order chi connectivity index (χ1) is 12.0. The largest absolute Gasteiger partial charge is 0.478 e. The molecule has 1 aromatic rings. The van der Waals surface area contributed by atoms with Gasteiger partial charge in [-0.1, -0.05) is 0 Å². The molecule has 0 radical (unpaired) electrons. The number of carboxylic acids is 2. The summed E-state index contributed by atoms with van der Waals surface area (Å²) in [6, 6.07) is 5.33. The van der Waals surface area contributed by atoms with E-state index in [1.165, 1.54) is 0 Å². The third kappa shape index (κ3) is 12.5. The van der Waals surface area contributed by atoms with Gasteiger partial charge in [-0.25, -0.2) is 14.6 Å². The molecule has 142 valence electrons. The maximum absolute atomic E-state index is 9.71. The minimum absolute atomic E-state index is 0.151. The summed E-state index contributed by atoms with van der Waals surface area (Å²) in [7, 11) is 0. The molecular weight excluding hydrogens is 342 g/mol. The molecule has 9 heteroatoms. The number of nitrogens with one attached hydrogen (secondary N) is 1. The van der Waals surface area contributed by atoms with E-state index in [0.29, 0.717) is 36.6 Å². The maximum atomic E-state index is 9.71. The highest BCUT2D eigenvalue weighted by Gasteiger charge is 2.15. The van der Waals surface area contributed by atoms with Crippen molar-refractivity contribution in [2.45, 2.75) is 39.0 Å². The van der Waals surface area contributed by atoms with Crippen molar-refractivity contribution in [1.82, 2.24) is 10.3 Å². The molecule has 0 bridgehead atoms. The third-order valence-corrected chi connectivity index (χ3v) is 2.49. The summed E-state index contributed by atoms with van der Waals surface area (Å²) in [6.07, 6.45) is 2.47. The summed E-state index contributed by atoms with van der Waals surface area (Å²) in [6.45, 7) is 6.23. The smallest absolute Gasteiger partial charge is 0.328 e. The average molecular weight is 365 g/mol. The molecule has 0 saturated heterocycles. The number of carboxylic acid groups (broad SMARTS) is 2. The first kappa shape index (κ1) is 23.0. The van der Waals surface area contributed by atoms with Crippen LogP contribution in [0.4, 0.5) is 0 Å². The topological polar surface area (TPSA) is 153 Å². The summed E-state index contributed by atoms with van der Waals surface area (Å²) in [5.41, 5.74) is 0.248. The van der Waals surface area contributed by atoms with E-state index in [2.05, 4.69) is 10.3 Å². The Hall–Kier alpha value is -2.96. The lowest BCUT2D eigenvalue weighted by Gasteiger charge is -2.24. The number of nitriles is 1. The van der Waals surface area contributed by atoms with Crippen LogP contribution in [-0.2, 0) is 9.59 Å². The molecule has 0 spiro atoms. The Bertz CT molecular complexity index is 645. The minimum atomic E-state index is -1.26. The quantitative estimate of drug-likeness (QED) is 0.411. The lowest BCUT2D eigenvalue weighted by Crippen LogP contribution is -2.44. The molecule has 1 unspecified atom stereocenters. The molecule has 1 heterocycles. The molecule has 0 aliphatic rings. The van der Waals surface area contributed by atoms with Crippen LogP contribution in [0.5, 0.6) is 5.88 Å². The van der Waals surface area contributed by atoms with Gasteiger partial charge >= 0.3 is 11.9 Å². The number of aromatic nitrogens is 1. The molecule has 0 aliphatic carbocycles.